The van der Waals surface area contributed by atoms with Crippen molar-refractivity contribution in [2.45, 2.75) is 35.8 Å². The molecule has 1 saturated carbocycles. The molecule has 0 aromatic heterocycles. The number of anilines is 2. The largest absolute Gasteiger partial charge is 0.426 e. The Morgan fingerprint density at radius 3 is 2.23 bits per heavy atom. The highest BCUT2D eigenvalue weighted by Gasteiger charge is 2.52. The first-order chi connectivity index (χ1) is 18.7. The molecule has 3 aromatic rings. The van der Waals surface area contributed by atoms with E-state index in [1.807, 2.05) is 42.5 Å². The van der Waals surface area contributed by atoms with E-state index in [2.05, 4.69) is 31.9 Å². The zero-order valence-corrected chi connectivity index (χ0v) is 24.4. The number of halogens is 2. The van der Waals surface area contributed by atoms with Crippen LogP contribution in [-0.2, 0) is 19.2 Å². The molecule has 0 unspecified atom stereocenters. The fourth-order valence-corrected chi connectivity index (χ4v) is 7.25. The van der Waals surface area contributed by atoms with Gasteiger partial charge in [-0.2, -0.15) is 0 Å². The second-order valence-corrected chi connectivity index (χ2v) is 12.9. The van der Waals surface area contributed by atoms with Crippen molar-refractivity contribution in [3.05, 3.63) is 66.2 Å². The van der Waals surface area contributed by atoms with Gasteiger partial charge < -0.3 is 9.64 Å². The molecule has 6 rings (SSSR count). The molecule has 2 heterocycles. The van der Waals surface area contributed by atoms with Crippen LogP contribution in [0, 0.1) is 24.7 Å². The number of ether oxygens (including phenoxy) is 1. The number of aryl methyl sites for hydroxylation is 1. The van der Waals surface area contributed by atoms with Crippen LogP contribution in [0.15, 0.2) is 60.7 Å². The van der Waals surface area contributed by atoms with Gasteiger partial charge in [-0.25, -0.2) is 4.90 Å². The summed E-state index contributed by atoms with van der Waals surface area (Å²) in [5, 5.41) is 1.98. The lowest BCUT2D eigenvalue weighted by Gasteiger charge is -2.29. The summed E-state index contributed by atoms with van der Waals surface area (Å²) in [4.78, 5) is 55.6. The van der Waals surface area contributed by atoms with Crippen LogP contribution in [0.5, 0.6) is 5.75 Å². The number of rotatable bonds is 4. The highest BCUT2D eigenvalue weighted by atomic mass is 79.9. The summed E-state index contributed by atoms with van der Waals surface area (Å²) in [6.07, 6.45) is 1.28. The van der Waals surface area contributed by atoms with Crippen molar-refractivity contribution in [3.63, 3.8) is 0 Å². The molecule has 3 aromatic carbocycles. The van der Waals surface area contributed by atoms with Crippen LogP contribution in [0.1, 0.15) is 24.8 Å². The van der Waals surface area contributed by atoms with Crippen LogP contribution in [-0.4, -0.2) is 39.9 Å². The number of hydrogen-bond acceptors (Lipinski definition) is 5. The third-order valence-corrected chi connectivity index (χ3v) is 10.8. The Balaban J connectivity index is 1.17. The van der Waals surface area contributed by atoms with Crippen LogP contribution in [0.4, 0.5) is 11.4 Å². The van der Waals surface area contributed by atoms with Gasteiger partial charge in [-0.05, 0) is 55.0 Å². The normalized spacial score (nSPS) is 26.8. The van der Waals surface area contributed by atoms with Gasteiger partial charge in [-0.1, -0.05) is 68.3 Å². The molecule has 3 aliphatic rings. The number of alkyl halides is 2. The van der Waals surface area contributed by atoms with Crippen LogP contribution in [0.25, 0.3) is 10.8 Å². The van der Waals surface area contributed by atoms with Crippen LogP contribution < -0.4 is 14.5 Å². The average Bonchev–Trinajstić information content (AvgIpc) is 3.41. The number of carbonyl (C=O) groups is 4. The van der Waals surface area contributed by atoms with Crippen LogP contribution >= 0.6 is 31.9 Å². The summed E-state index contributed by atoms with van der Waals surface area (Å²) in [6.45, 7) is 2.03. The van der Waals surface area contributed by atoms with Crippen molar-refractivity contribution in [1.29, 1.82) is 0 Å². The van der Waals surface area contributed by atoms with Gasteiger partial charge in [0.2, 0.25) is 17.7 Å². The third kappa shape index (κ3) is 4.59. The summed E-state index contributed by atoms with van der Waals surface area (Å²) in [5.41, 5.74) is 1.95. The van der Waals surface area contributed by atoms with E-state index in [-0.39, 0.29) is 52.2 Å². The van der Waals surface area contributed by atoms with Crippen molar-refractivity contribution in [3.8, 4) is 5.75 Å². The smallest absolute Gasteiger partial charge is 0.316 e. The van der Waals surface area contributed by atoms with Gasteiger partial charge in [-0.15, -0.1) is 0 Å². The first-order valence-corrected chi connectivity index (χ1v) is 14.8. The molecule has 3 fully saturated rings. The predicted molar refractivity (Wildman–Crippen MR) is 155 cm³/mol. The van der Waals surface area contributed by atoms with Crippen molar-refractivity contribution in [2.24, 2.45) is 17.8 Å². The highest BCUT2D eigenvalue weighted by Crippen LogP contribution is 2.45. The van der Waals surface area contributed by atoms with E-state index in [1.165, 1.54) is 4.90 Å². The molecule has 7 nitrogen and oxygen atoms in total. The topological polar surface area (TPSA) is 84.0 Å². The number of carbonyl (C=O) groups excluding carboxylic acids is 4. The van der Waals surface area contributed by atoms with E-state index in [9.17, 15) is 19.2 Å². The monoisotopic (exact) mass is 652 g/mol. The van der Waals surface area contributed by atoms with Crippen LogP contribution in [0.2, 0.25) is 0 Å². The van der Waals surface area contributed by atoms with Gasteiger partial charge in [0.25, 0.3) is 0 Å². The van der Waals surface area contributed by atoms with E-state index >= 15 is 0 Å². The van der Waals surface area contributed by atoms with E-state index in [1.54, 1.807) is 30.0 Å². The standard InChI is InChI=1S/C30H26Br2N2O5/c1-16-11-19(9-10-25(16)34-28(36)21-13-23(31)24(32)14-22(21)29(34)37)39-30(38)18-12-27(35)33(15-18)26-8-4-6-17-5-2-3-7-20(17)26/h2-11,18,21-24H,12-15H2,1H3/t18-,21-,22+,23+,24-/m1/s1. The number of fused-ring (bicyclic) bond motifs is 2. The Morgan fingerprint density at radius 2 is 1.54 bits per heavy atom. The number of amides is 3. The van der Waals surface area contributed by atoms with Gasteiger partial charge in [0, 0.05) is 28.0 Å². The second kappa shape index (κ2) is 10.2. The Kier molecular flexibility index (Phi) is 6.83. The minimum Gasteiger partial charge on any atom is -0.426 e. The van der Waals surface area contributed by atoms with Crippen molar-refractivity contribution in [1.82, 2.24) is 0 Å². The zero-order chi connectivity index (χ0) is 27.4. The van der Waals surface area contributed by atoms with Gasteiger partial charge in [0.1, 0.15) is 5.75 Å². The molecule has 0 spiro atoms. The molecule has 0 N–H and O–H groups in total. The fraction of sp³-hybridized carbons (Fsp3) is 0.333. The summed E-state index contributed by atoms with van der Waals surface area (Å²) >= 11 is 7.24. The Hall–Kier alpha value is -3.04. The zero-order valence-electron chi connectivity index (χ0n) is 21.2. The molecule has 39 heavy (non-hydrogen) atoms. The van der Waals surface area contributed by atoms with E-state index in [0.29, 0.717) is 29.8 Å². The first kappa shape index (κ1) is 26.2. The Bertz CT molecular complexity index is 1490. The van der Waals surface area contributed by atoms with Crippen LogP contribution in [0.3, 0.4) is 0 Å². The predicted octanol–water partition coefficient (Wildman–Crippen LogP) is 5.53. The van der Waals surface area contributed by atoms with Crippen molar-refractivity contribution >= 4 is 77.7 Å². The van der Waals surface area contributed by atoms with Gasteiger partial charge >= 0.3 is 5.97 Å². The maximum absolute atomic E-state index is 13.2. The Morgan fingerprint density at radius 1 is 0.872 bits per heavy atom. The number of nitrogens with zero attached hydrogens (tertiary/aromatic N) is 2. The molecule has 200 valence electrons. The lowest BCUT2D eigenvalue weighted by Crippen LogP contribution is -2.34. The molecule has 5 atom stereocenters. The quantitative estimate of drug-likeness (QED) is 0.160. The molecule has 0 radical (unpaired) electrons. The molecule has 2 aliphatic heterocycles. The molecular formula is C30H26Br2N2O5. The minimum atomic E-state index is -0.601. The number of esters is 1. The second-order valence-electron chi connectivity index (χ2n) is 10.5. The molecular weight excluding hydrogens is 628 g/mol. The lowest BCUT2D eigenvalue weighted by atomic mass is 9.81. The molecule has 2 saturated heterocycles. The highest BCUT2D eigenvalue weighted by molar-refractivity contribution is 9.12. The Labute approximate surface area is 242 Å². The number of benzene rings is 3. The summed E-state index contributed by atoms with van der Waals surface area (Å²) in [5.74, 6) is -1.92. The van der Waals surface area contributed by atoms with Crippen molar-refractivity contribution in [2.75, 3.05) is 16.3 Å². The van der Waals surface area contributed by atoms with E-state index < -0.39 is 11.9 Å². The SMILES string of the molecule is Cc1cc(OC(=O)[C@@H]2CC(=O)N(c3cccc4ccccc34)C2)ccc1N1C(=O)[C@H]2C[C@@H](Br)[C@@H](Br)C[C@H]2C1=O. The van der Waals surface area contributed by atoms with Crippen molar-refractivity contribution < 1.29 is 23.9 Å². The van der Waals surface area contributed by atoms with Gasteiger partial charge in [0.15, 0.2) is 0 Å². The van der Waals surface area contributed by atoms with E-state index in [0.717, 1.165) is 16.5 Å². The molecule has 3 amide bonds. The summed E-state index contributed by atoms with van der Waals surface area (Å²) in [6, 6.07) is 18.5. The molecule has 1 aliphatic carbocycles. The van der Waals surface area contributed by atoms with E-state index in [4.69, 9.17) is 4.74 Å². The average molecular weight is 654 g/mol. The lowest BCUT2D eigenvalue weighted by molar-refractivity contribution is -0.139. The summed E-state index contributed by atoms with van der Waals surface area (Å²) in [7, 11) is 0. The first-order valence-electron chi connectivity index (χ1n) is 13.0. The maximum Gasteiger partial charge on any atom is 0.316 e. The molecule has 9 heteroatoms. The maximum atomic E-state index is 13.2. The third-order valence-electron chi connectivity index (χ3n) is 8.05. The molecule has 0 bridgehead atoms. The minimum absolute atomic E-state index is 0.0712. The van der Waals surface area contributed by atoms with Gasteiger partial charge in [0.05, 0.1) is 29.1 Å². The van der Waals surface area contributed by atoms with Gasteiger partial charge in [-0.3, -0.25) is 19.2 Å². The number of imide groups is 1. The fourth-order valence-electron chi connectivity index (χ4n) is 6.02. The number of hydrogen-bond donors (Lipinski definition) is 0. The summed E-state index contributed by atoms with van der Waals surface area (Å²) < 4.78 is 5.67.